The molecule has 20 heavy (non-hydrogen) atoms. The Balaban J connectivity index is 0.000000956. The summed E-state index contributed by atoms with van der Waals surface area (Å²) in [7, 11) is 1.50. The van der Waals surface area contributed by atoms with E-state index < -0.39 is 11.9 Å². The number of hydrogen-bond donors (Lipinski definition) is 2. The van der Waals surface area contributed by atoms with E-state index in [4.69, 9.17) is 17.3 Å². The Kier molecular flexibility index (Phi) is 5.55. The van der Waals surface area contributed by atoms with Crippen LogP contribution in [0.3, 0.4) is 0 Å². The summed E-state index contributed by atoms with van der Waals surface area (Å²) in [5, 5.41) is 3.93. The van der Waals surface area contributed by atoms with Crippen LogP contribution >= 0.6 is 11.6 Å². The van der Waals surface area contributed by atoms with Gasteiger partial charge in [-0.1, -0.05) is 17.7 Å². The minimum atomic E-state index is -4.49. The minimum Gasteiger partial charge on any atom is -0.333 e. The average molecular weight is 307 g/mol. The van der Waals surface area contributed by atoms with Gasteiger partial charge in [0.05, 0.1) is 11.4 Å². The fourth-order valence-electron chi connectivity index (χ4n) is 1.54. The molecule has 110 valence electrons. The van der Waals surface area contributed by atoms with Crippen LogP contribution in [-0.2, 0) is 12.7 Å². The quantitative estimate of drug-likeness (QED) is 0.896. The number of nitrogens with zero attached hydrogens (tertiary/aromatic N) is 2. The molecule has 0 atom stereocenters. The van der Waals surface area contributed by atoms with Crippen molar-refractivity contribution in [2.45, 2.75) is 12.7 Å². The van der Waals surface area contributed by atoms with Crippen LogP contribution in [0.15, 0.2) is 30.3 Å². The summed E-state index contributed by atoms with van der Waals surface area (Å²) in [6.07, 6.45) is -4.49. The Morgan fingerprint density at radius 3 is 2.40 bits per heavy atom. The van der Waals surface area contributed by atoms with Crippen molar-refractivity contribution in [2.75, 3.05) is 7.05 Å². The van der Waals surface area contributed by atoms with Gasteiger partial charge in [-0.15, -0.1) is 0 Å². The fourth-order valence-corrected chi connectivity index (χ4v) is 1.72. The molecule has 0 aliphatic heterocycles. The molecule has 0 saturated carbocycles. The molecule has 0 radical (unpaired) electrons. The van der Waals surface area contributed by atoms with Gasteiger partial charge >= 0.3 is 6.18 Å². The van der Waals surface area contributed by atoms with E-state index in [1.54, 1.807) is 18.2 Å². The zero-order valence-corrected chi connectivity index (χ0v) is 11.4. The first kappa shape index (κ1) is 16.5. The van der Waals surface area contributed by atoms with Gasteiger partial charge in [-0.3, -0.25) is 0 Å². The predicted octanol–water partition coefficient (Wildman–Crippen LogP) is 2.58. The second kappa shape index (κ2) is 6.74. The first-order valence-electron chi connectivity index (χ1n) is 5.61. The van der Waals surface area contributed by atoms with E-state index in [1.165, 1.54) is 13.1 Å². The number of rotatable bonds is 2. The van der Waals surface area contributed by atoms with E-state index in [0.29, 0.717) is 10.7 Å². The summed E-state index contributed by atoms with van der Waals surface area (Å²) >= 11 is 5.79. The molecule has 1 aromatic carbocycles. The zero-order valence-electron chi connectivity index (χ0n) is 10.7. The molecule has 0 bridgehead atoms. The molecule has 1 heterocycles. The fraction of sp³-hybridized carbons (Fsp3) is 0.250. The summed E-state index contributed by atoms with van der Waals surface area (Å²) in [4.78, 5) is 0. The SMILES string of the molecule is CN.NCc1cc(C(F)(F)F)nn1-c1cccc(Cl)c1. The van der Waals surface area contributed by atoms with Crippen LogP contribution < -0.4 is 11.5 Å². The molecule has 4 N–H and O–H groups in total. The molecule has 0 spiro atoms. The Hall–Kier alpha value is -1.57. The number of nitrogens with two attached hydrogens (primary N) is 2. The largest absolute Gasteiger partial charge is 0.435 e. The van der Waals surface area contributed by atoms with Crippen LogP contribution in [0.5, 0.6) is 0 Å². The van der Waals surface area contributed by atoms with Gasteiger partial charge in [0.25, 0.3) is 0 Å². The Morgan fingerprint density at radius 1 is 1.25 bits per heavy atom. The van der Waals surface area contributed by atoms with Crippen molar-refractivity contribution in [3.8, 4) is 5.69 Å². The maximum Gasteiger partial charge on any atom is 0.435 e. The van der Waals surface area contributed by atoms with Crippen LogP contribution in [0.4, 0.5) is 13.2 Å². The van der Waals surface area contributed by atoms with Crippen molar-refractivity contribution < 1.29 is 13.2 Å². The molecular weight excluding hydrogens is 293 g/mol. The van der Waals surface area contributed by atoms with E-state index >= 15 is 0 Å². The zero-order chi connectivity index (χ0) is 15.3. The number of alkyl halides is 3. The monoisotopic (exact) mass is 306 g/mol. The van der Waals surface area contributed by atoms with Crippen LogP contribution in [0.2, 0.25) is 5.02 Å². The summed E-state index contributed by atoms with van der Waals surface area (Å²) in [5.74, 6) is 0. The van der Waals surface area contributed by atoms with Crippen molar-refractivity contribution in [1.82, 2.24) is 9.78 Å². The highest BCUT2D eigenvalue weighted by molar-refractivity contribution is 6.30. The van der Waals surface area contributed by atoms with E-state index in [0.717, 1.165) is 10.7 Å². The van der Waals surface area contributed by atoms with Gasteiger partial charge < -0.3 is 11.5 Å². The Bertz CT molecular complexity index is 566. The maximum atomic E-state index is 12.6. The number of halogens is 4. The molecule has 2 aromatic rings. The van der Waals surface area contributed by atoms with E-state index in [1.807, 2.05) is 0 Å². The molecule has 0 unspecified atom stereocenters. The molecule has 8 heteroatoms. The van der Waals surface area contributed by atoms with E-state index in [-0.39, 0.29) is 12.2 Å². The van der Waals surface area contributed by atoms with E-state index in [2.05, 4.69) is 10.8 Å². The third kappa shape index (κ3) is 3.72. The second-order valence-corrected chi connectivity index (χ2v) is 4.05. The van der Waals surface area contributed by atoms with Gasteiger partial charge in [0.1, 0.15) is 0 Å². The number of benzene rings is 1. The normalized spacial score (nSPS) is 10.9. The number of hydrogen-bond acceptors (Lipinski definition) is 3. The smallest absolute Gasteiger partial charge is 0.333 e. The second-order valence-electron chi connectivity index (χ2n) is 3.61. The predicted molar refractivity (Wildman–Crippen MR) is 71.6 cm³/mol. The van der Waals surface area contributed by atoms with Gasteiger partial charge in [-0.05, 0) is 31.3 Å². The molecule has 0 aliphatic carbocycles. The summed E-state index contributed by atoms with van der Waals surface area (Å²) < 4.78 is 38.9. The first-order valence-corrected chi connectivity index (χ1v) is 5.99. The lowest BCUT2D eigenvalue weighted by Gasteiger charge is -2.06. The van der Waals surface area contributed by atoms with Crippen LogP contribution in [0.1, 0.15) is 11.4 Å². The van der Waals surface area contributed by atoms with Crippen molar-refractivity contribution >= 4 is 11.6 Å². The van der Waals surface area contributed by atoms with Gasteiger partial charge in [0.2, 0.25) is 0 Å². The Labute approximate surface area is 119 Å². The highest BCUT2D eigenvalue weighted by atomic mass is 35.5. The van der Waals surface area contributed by atoms with Crippen LogP contribution in [-0.4, -0.2) is 16.8 Å². The third-order valence-corrected chi connectivity index (χ3v) is 2.57. The van der Waals surface area contributed by atoms with Gasteiger partial charge in [-0.25, -0.2) is 4.68 Å². The van der Waals surface area contributed by atoms with Crippen molar-refractivity contribution in [3.05, 3.63) is 46.7 Å². The van der Waals surface area contributed by atoms with Crippen molar-refractivity contribution in [3.63, 3.8) is 0 Å². The van der Waals surface area contributed by atoms with Gasteiger partial charge in [0.15, 0.2) is 5.69 Å². The van der Waals surface area contributed by atoms with Crippen molar-refractivity contribution in [2.24, 2.45) is 11.5 Å². The summed E-state index contributed by atoms with van der Waals surface area (Å²) in [5.41, 5.74) is 9.66. The molecule has 4 nitrogen and oxygen atoms in total. The van der Waals surface area contributed by atoms with Crippen LogP contribution in [0, 0.1) is 0 Å². The highest BCUT2D eigenvalue weighted by Gasteiger charge is 2.34. The lowest BCUT2D eigenvalue weighted by molar-refractivity contribution is -0.141. The lowest BCUT2D eigenvalue weighted by atomic mass is 10.3. The van der Waals surface area contributed by atoms with Gasteiger partial charge in [-0.2, -0.15) is 18.3 Å². The van der Waals surface area contributed by atoms with E-state index in [9.17, 15) is 13.2 Å². The van der Waals surface area contributed by atoms with Crippen molar-refractivity contribution in [1.29, 1.82) is 0 Å². The van der Waals surface area contributed by atoms with Crippen LogP contribution in [0.25, 0.3) is 5.69 Å². The molecule has 0 saturated heterocycles. The first-order chi connectivity index (χ1) is 9.41. The molecule has 2 rings (SSSR count). The number of aromatic nitrogens is 2. The topological polar surface area (TPSA) is 69.9 Å². The summed E-state index contributed by atoms with van der Waals surface area (Å²) in [6, 6.07) is 7.32. The van der Waals surface area contributed by atoms with Gasteiger partial charge in [0, 0.05) is 11.6 Å². The molecular formula is C12H14ClF3N4. The summed E-state index contributed by atoms with van der Waals surface area (Å²) in [6.45, 7) is -0.0460. The Morgan fingerprint density at radius 2 is 1.90 bits per heavy atom. The molecule has 0 fully saturated rings. The lowest BCUT2D eigenvalue weighted by Crippen LogP contribution is -2.08. The highest BCUT2D eigenvalue weighted by Crippen LogP contribution is 2.29. The maximum absolute atomic E-state index is 12.6. The molecule has 0 amide bonds. The molecule has 0 aliphatic rings. The standard InChI is InChI=1S/C11H9ClF3N3.CH5N/c12-7-2-1-3-8(4-7)18-9(6-16)5-10(17-18)11(13,14)15;1-2/h1-5H,6,16H2;2H2,1H3. The minimum absolute atomic E-state index is 0.0460. The third-order valence-electron chi connectivity index (χ3n) is 2.34. The molecule has 1 aromatic heterocycles. The average Bonchev–Trinajstić information content (AvgIpc) is 2.85.